The van der Waals surface area contributed by atoms with Gasteiger partial charge in [0.1, 0.15) is 6.10 Å². The van der Waals surface area contributed by atoms with Crippen LogP contribution in [0.3, 0.4) is 0 Å². The van der Waals surface area contributed by atoms with Crippen molar-refractivity contribution < 1.29 is 28.6 Å². The van der Waals surface area contributed by atoms with E-state index >= 15 is 0 Å². The smallest absolute Gasteiger partial charge is 0.303 e. The predicted molar refractivity (Wildman–Crippen MR) is 65.0 cm³/mol. The van der Waals surface area contributed by atoms with Crippen molar-refractivity contribution in [3.63, 3.8) is 0 Å². The third kappa shape index (κ3) is 2.72. The Morgan fingerprint density at radius 1 is 1.80 bits per heavy atom. The molecule has 2 aliphatic rings. The molecule has 1 amide bonds. The quantitative estimate of drug-likeness (QED) is 0.537. The normalized spacial score (nSPS) is 36.9. The summed E-state index contributed by atoms with van der Waals surface area (Å²) in [6.45, 7) is 0.538. The van der Waals surface area contributed by atoms with Crippen LogP contribution in [0.5, 0.6) is 0 Å². The highest BCUT2D eigenvalue weighted by Gasteiger charge is 2.60. The van der Waals surface area contributed by atoms with Crippen molar-refractivity contribution in [2.45, 2.75) is 30.5 Å². The van der Waals surface area contributed by atoms with Gasteiger partial charge < -0.3 is 24.8 Å². The number of hydrogen-bond acceptors (Lipinski definition) is 6. The fraction of sp³-hybridized carbons (Fsp3) is 0.636. The molecule has 2 N–H and O–H groups in total. The third-order valence-electron chi connectivity index (χ3n) is 2.98. The SMILES string of the molecule is CC(=O)O[C@@H]1[C@@H](CO)O[C@@H](N2C=CC(=O)NC2)[C@@]1(F)Cl. The van der Waals surface area contributed by atoms with Gasteiger partial charge in [-0.3, -0.25) is 9.59 Å². The van der Waals surface area contributed by atoms with Crippen LogP contribution in [0.1, 0.15) is 6.92 Å². The molecule has 9 heteroatoms. The predicted octanol–water partition coefficient (Wildman–Crippen LogP) is -0.557. The number of aliphatic hydroxyl groups excluding tert-OH is 1. The van der Waals surface area contributed by atoms with Crippen LogP contribution in [0.25, 0.3) is 0 Å². The maximum atomic E-state index is 14.7. The molecular weight excluding hydrogens is 295 g/mol. The zero-order valence-corrected chi connectivity index (χ0v) is 11.3. The Morgan fingerprint density at radius 3 is 3.00 bits per heavy atom. The average Bonchev–Trinajstić information content (AvgIpc) is 2.62. The molecule has 0 aromatic rings. The minimum absolute atomic E-state index is 0.0106. The molecule has 2 aliphatic heterocycles. The lowest BCUT2D eigenvalue weighted by atomic mass is 10.1. The van der Waals surface area contributed by atoms with Crippen LogP contribution in [0.2, 0.25) is 0 Å². The summed E-state index contributed by atoms with van der Waals surface area (Å²) in [6.07, 6.45) is -1.32. The first-order valence-corrected chi connectivity index (χ1v) is 6.27. The molecule has 0 aromatic carbocycles. The number of esters is 1. The highest BCUT2D eigenvalue weighted by Crippen LogP contribution is 2.42. The van der Waals surface area contributed by atoms with Crippen molar-refractivity contribution in [1.29, 1.82) is 0 Å². The molecule has 0 aromatic heterocycles. The van der Waals surface area contributed by atoms with E-state index in [1.807, 2.05) is 0 Å². The number of carbonyl (C=O) groups excluding carboxylic acids is 2. The highest BCUT2D eigenvalue weighted by atomic mass is 35.5. The average molecular weight is 309 g/mol. The second kappa shape index (κ2) is 5.55. The Bertz CT molecular complexity index is 445. The van der Waals surface area contributed by atoms with E-state index in [9.17, 15) is 19.1 Å². The van der Waals surface area contributed by atoms with Gasteiger partial charge in [0.25, 0.3) is 5.13 Å². The van der Waals surface area contributed by atoms with Crippen LogP contribution in [-0.4, -0.2) is 58.7 Å². The minimum Gasteiger partial charge on any atom is -0.455 e. The van der Waals surface area contributed by atoms with Gasteiger partial charge in [0.15, 0.2) is 12.3 Å². The summed E-state index contributed by atoms with van der Waals surface area (Å²) in [5, 5.41) is 9.10. The molecule has 112 valence electrons. The first-order valence-electron chi connectivity index (χ1n) is 5.89. The Balaban J connectivity index is 2.20. The topological polar surface area (TPSA) is 88.1 Å². The Labute approximate surface area is 119 Å². The van der Waals surface area contributed by atoms with Crippen molar-refractivity contribution in [2.24, 2.45) is 0 Å². The molecule has 0 unspecified atom stereocenters. The lowest BCUT2D eigenvalue weighted by Crippen LogP contribution is -2.52. The zero-order chi connectivity index (χ0) is 14.9. The van der Waals surface area contributed by atoms with Crippen LogP contribution in [0, 0.1) is 0 Å². The van der Waals surface area contributed by atoms with Gasteiger partial charge in [-0.05, 0) is 0 Å². The zero-order valence-electron chi connectivity index (χ0n) is 10.6. The van der Waals surface area contributed by atoms with Crippen LogP contribution in [-0.2, 0) is 19.1 Å². The van der Waals surface area contributed by atoms with E-state index in [1.54, 1.807) is 0 Å². The number of carbonyl (C=O) groups is 2. The fourth-order valence-corrected chi connectivity index (χ4v) is 2.45. The third-order valence-corrected chi connectivity index (χ3v) is 3.38. The van der Waals surface area contributed by atoms with Crippen LogP contribution < -0.4 is 5.32 Å². The van der Waals surface area contributed by atoms with Crippen LogP contribution in [0.15, 0.2) is 12.3 Å². The summed E-state index contributed by atoms with van der Waals surface area (Å²) in [7, 11) is 0. The molecule has 4 atom stereocenters. The molecular formula is C11H14ClFN2O5. The van der Waals surface area contributed by atoms with Gasteiger partial charge in [0.2, 0.25) is 5.91 Å². The molecule has 7 nitrogen and oxygen atoms in total. The number of amides is 1. The molecule has 1 fully saturated rings. The molecule has 0 aliphatic carbocycles. The van der Waals surface area contributed by atoms with Crippen molar-refractivity contribution >= 4 is 23.5 Å². The number of halogens is 2. The summed E-state index contributed by atoms with van der Waals surface area (Å²) in [5.41, 5.74) is 0. The summed E-state index contributed by atoms with van der Waals surface area (Å²) in [6, 6.07) is 0. The molecule has 2 rings (SSSR count). The van der Waals surface area contributed by atoms with E-state index in [-0.39, 0.29) is 12.6 Å². The number of aliphatic hydroxyl groups is 1. The molecule has 0 spiro atoms. The first-order chi connectivity index (χ1) is 9.36. The van der Waals surface area contributed by atoms with Crippen molar-refractivity contribution in [1.82, 2.24) is 10.2 Å². The summed E-state index contributed by atoms with van der Waals surface area (Å²) >= 11 is 5.82. The summed E-state index contributed by atoms with van der Waals surface area (Å²) in [4.78, 5) is 23.3. The summed E-state index contributed by atoms with van der Waals surface area (Å²) in [5.74, 6) is -1.06. The van der Waals surface area contributed by atoms with E-state index in [0.717, 1.165) is 6.92 Å². The Kier molecular flexibility index (Phi) is 4.17. The second-order valence-corrected chi connectivity index (χ2v) is 5.02. The van der Waals surface area contributed by atoms with Crippen LogP contribution >= 0.6 is 11.6 Å². The Morgan fingerprint density at radius 2 is 2.50 bits per heavy atom. The molecule has 0 radical (unpaired) electrons. The maximum absolute atomic E-state index is 14.7. The van der Waals surface area contributed by atoms with Crippen molar-refractivity contribution in [2.75, 3.05) is 13.3 Å². The number of nitrogens with zero attached hydrogens (tertiary/aromatic N) is 1. The maximum Gasteiger partial charge on any atom is 0.303 e. The lowest BCUT2D eigenvalue weighted by molar-refractivity contribution is -0.153. The van der Waals surface area contributed by atoms with E-state index in [4.69, 9.17) is 21.1 Å². The van der Waals surface area contributed by atoms with Gasteiger partial charge in [-0.2, -0.15) is 0 Å². The molecule has 0 saturated carbocycles. The lowest BCUT2D eigenvalue weighted by Gasteiger charge is -2.33. The highest BCUT2D eigenvalue weighted by molar-refractivity contribution is 6.24. The minimum atomic E-state index is -2.55. The van der Waals surface area contributed by atoms with Crippen LogP contribution in [0.4, 0.5) is 4.39 Å². The van der Waals surface area contributed by atoms with Gasteiger partial charge in [-0.15, -0.1) is 0 Å². The van der Waals surface area contributed by atoms with Crippen molar-refractivity contribution in [3.8, 4) is 0 Å². The molecule has 1 saturated heterocycles. The van der Waals surface area contributed by atoms with Gasteiger partial charge in [-0.1, -0.05) is 11.6 Å². The molecule has 0 bridgehead atoms. The standard InChI is InChI=1S/C11H14ClFN2O5/c1-6(17)19-9-7(4-16)20-10(11(9,12)13)15-3-2-8(18)14-5-15/h2-3,7,9-10,16H,4-5H2,1H3,(H,14,18)/t7-,9-,10-,11-/m1/s1. The van der Waals surface area contributed by atoms with E-state index in [2.05, 4.69) is 5.32 Å². The number of rotatable bonds is 3. The largest absolute Gasteiger partial charge is 0.455 e. The fourth-order valence-electron chi connectivity index (χ4n) is 2.09. The van der Waals surface area contributed by atoms with Gasteiger partial charge >= 0.3 is 5.97 Å². The van der Waals surface area contributed by atoms with E-state index in [1.165, 1.54) is 17.2 Å². The van der Waals surface area contributed by atoms with E-state index in [0.29, 0.717) is 0 Å². The second-order valence-electron chi connectivity index (χ2n) is 4.44. The Hall–Kier alpha value is -1.38. The van der Waals surface area contributed by atoms with E-state index < -0.39 is 36.1 Å². The number of hydrogen-bond donors (Lipinski definition) is 2. The monoisotopic (exact) mass is 308 g/mol. The number of alkyl halides is 2. The van der Waals surface area contributed by atoms with Gasteiger partial charge in [0, 0.05) is 19.2 Å². The number of nitrogens with one attached hydrogen (secondary N) is 1. The summed E-state index contributed by atoms with van der Waals surface area (Å²) < 4.78 is 24.8. The molecule has 20 heavy (non-hydrogen) atoms. The number of ether oxygens (including phenoxy) is 2. The van der Waals surface area contributed by atoms with Gasteiger partial charge in [-0.25, -0.2) is 4.39 Å². The first kappa shape index (κ1) is 15.0. The van der Waals surface area contributed by atoms with Crippen molar-refractivity contribution in [3.05, 3.63) is 12.3 Å². The molecule has 2 heterocycles. The van der Waals surface area contributed by atoms with Gasteiger partial charge in [0.05, 0.1) is 13.3 Å².